The zero-order valence-electron chi connectivity index (χ0n) is 9.05. The molecule has 14 heavy (non-hydrogen) atoms. The predicted molar refractivity (Wildman–Crippen MR) is 56.0 cm³/mol. The molecule has 2 N–H and O–H groups in total. The second-order valence-electron chi connectivity index (χ2n) is 6.22. The SMILES string of the molecule is CNCC12CC3CC(CC(O)(C3)C1)C2. The lowest BCUT2D eigenvalue weighted by Gasteiger charge is -2.60. The van der Waals surface area contributed by atoms with Crippen LogP contribution in [0.4, 0.5) is 0 Å². The monoisotopic (exact) mass is 195 g/mol. The summed E-state index contributed by atoms with van der Waals surface area (Å²) in [5.41, 5.74) is 0.175. The van der Waals surface area contributed by atoms with Crippen molar-refractivity contribution in [3.8, 4) is 0 Å². The molecule has 0 aromatic rings. The molecule has 4 fully saturated rings. The van der Waals surface area contributed by atoms with Crippen LogP contribution in [-0.4, -0.2) is 24.3 Å². The van der Waals surface area contributed by atoms with Crippen LogP contribution in [0.3, 0.4) is 0 Å². The molecule has 0 saturated heterocycles. The van der Waals surface area contributed by atoms with Crippen molar-refractivity contribution in [1.29, 1.82) is 0 Å². The third kappa shape index (κ3) is 1.24. The Balaban J connectivity index is 1.89. The third-order valence-corrected chi connectivity index (χ3v) is 4.70. The summed E-state index contributed by atoms with van der Waals surface area (Å²) < 4.78 is 0. The van der Waals surface area contributed by atoms with Crippen molar-refractivity contribution in [3.63, 3.8) is 0 Å². The molecule has 0 amide bonds. The van der Waals surface area contributed by atoms with Gasteiger partial charge in [0.05, 0.1) is 5.60 Å². The number of aliphatic hydroxyl groups is 1. The smallest absolute Gasteiger partial charge is 0.0658 e. The van der Waals surface area contributed by atoms with E-state index in [-0.39, 0.29) is 5.60 Å². The molecule has 4 aliphatic carbocycles. The van der Waals surface area contributed by atoms with E-state index in [4.69, 9.17) is 0 Å². The summed E-state index contributed by atoms with van der Waals surface area (Å²) in [6.45, 7) is 1.11. The highest BCUT2D eigenvalue weighted by molar-refractivity contribution is 5.08. The van der Waals surface area contributed by atoms with Crippen LogP contribution in [0.2, 0.25) is 0 Å². The van der Waals surface area contributed by atoms with Crippen molar-refractivity contribution < 1.29 is 5.11 Å². The Morgan fingerprint density at radius 2 is 1.86 bits per heavy atom. The summed E-state index contributed by atoms with van der Waals surface area (Å²) in [6.07, 6.45) is 7.38. The molecule has 2 atom stereocenters. The van der Waals surface area contributed by atoms with Gasteiger partial charge in [-0.05, 0) is 62.8 Å². The number of nitrogens with one attached hydrogen (secondary N) is 1. The third-order valence-electron chi connectivity index (χ3n) is 4.70. The van der Waals surface area contributed by atoms with Gasteiger partial charge in [0.25, 0.3) is 0 Å². The van der Waals surface area contributed by atoms with Gasteiger partial charge in [0.2, 0.25) is 0 Å². The molecule has 80 valence electrons. The molecule has 0 aromatic carbocycles. The Hall–Kier alpha value is -0.0800. The minimum atomic E-state index is -0.277. The Kier molecular flexibility index (Phi) is 1.79. The molecule has 0 spiro atoms. The lowest BCUT2D eigenvalue weighted by Crippen LogP contribution is -2.58. The topological polar surface area (TPSA) is 32.3 Å². The van der Waals surface area contributed by atoms with Gasteiger partial charge in [-0.3, -0.25) is 0 Å². The minimum absolute atomic E-state index is 0.277. The van der Waals surface area contributed by atoms with Crippen molar-refractivity contribution in [3.05, 3.63) is 0 Å². The van der Waals surface area contributed by atoms with Crippen LogP contribution in [0, 0.1) is 17.3 Å². The summed E-state index contributed by atoms with van der Waals surface area (Å²) >= 11 is 0. The maximum absolute atomic E-state index is 10.5. The summed E-state index contributed by atoms with van der Waals surface area (Å²) in [5, 5.41) is 13.8. The van der Waals surface area contributed by atoms with Gasteiger partial charge in [0.15, 0.2) is 0 Å². The first-order chi connectivity index (χ1) is 6.63. The highest BCUT2D eigenvalue weighted by atomic mass is 16.3. The van der Waals surface area contributed by atoms with E-state index in [2.05, 4.69) is 5.32 Å². The summed E-state index contributed by atoms with van der Waals surface area (Å²) in [5.74, 6) is 1.66. The maximum Gasteiger partial charge on any atom is 0.0658 e. The van der Waals surface area contributed by atoms with Gasteiger partial charge in [-0.25, -0.2) is 0 Å². The molecule has 4 rings (SSSR count). The zero-order valence-corrected chi connectivity index (χ0v) is 9.05. The molecule has 4 bridgehead atoms. The fourth-order valence-corrected chi connectivity index (χ4v) is 4.98. The van der Waals surface area contributed by atoms with Gasteiger partial charge in [-0.2, -0.15) is 0 Å². The van der Waals surface area contributed by atoms with E-state index in [0.717, 1.165) is 37.6 Å². The molecule has 2 heteroatoms. The Labute approximate surface area is 86.1 Å². The van der Waals surface area contributed by atoms with Crippen molar-refractivity contribution in [2.24, 2.45) is 17.3 Å². The fourth-order valence-electron chi connectivity index (χ4n) is 4.98. The first-order valence-corrected chi connectivity index (χ1v) is 6.00. The zero-order chi connectivity index (χ0) is 9.81. The number of hydrogen-bond acceptors (Lipinski definition) is 2. The quantitative estimate of drug-likeness (QED) is 0.700. The van der Waals surface area contributed by atoms with E-state index in [0.29, 0.717) is 5.41 Å². The van der Waals surface area contributed by atoms with E-state index in [1.165, 1.54) is 19.3 Å². The van der Waals surface area contributed by atoms with E-state index in [1.54, 1.807) is 0 Å². The Morgan fingerprint density at radius 1 is 1.21 bits per heavy atom. The molecular weight excluding hydrogens is 174 g/mol. The van der Waals surface area contributed by atoms with Gasteiger partial charge >= 0.3 is 0 Å². The normalized spacial score (nSPS) is 55.3. The minimum Gasteiger partial charge on any atom is -0.390 e. The van der Waals surface area contributed by atoms with Crippen LogP contribution in [0.5, 0.6) is 0 Å². The van der Waals surface area contributed by atoms with Crippen molar-refractivity contribution in [1.82, 2.24) is 5.32 Å². The molecule has 2 nitrogen and oxygen atoms in total. The first kappa shape index (κ1) is 9.17. The van der Waals surface area contributed by atoms with Crippen LogP contribution in [0.15, 0.2) is 0 Å². The molecule has 0 radical (unpaired) electrons. The maximum atomic E-state index is 10.5. The average molecular weight is 195 g/mol. The predicted octanol–water partition coefficient (Wildman–Crippen LogP) is 1.54. The molecule has 4 saturated carbocycles. The van der Waals surface area contributed by atoms with E-state index < -0.39 is 0 Å². The lowest BCUT2D eigenvalue weighted by atomic mass is 9.48. The summed E-state index contributed by atoms with van der Waals surface area (Å²) in [6, 6.07) is 0. The summed E-state index contributed by atoms with van der Waals surface area (Å²) in [4.78, 5) is 0. The van der Waals surface area contributed by atoms with Gasteiger partial charge < -0.3 is 10.4 Å². The van der Waals surface area contributed by atoms with E-state index >= 15 is 0 Å². The number of rotatable bonds is 2. The summed E-state index contributed by atoms with van der Waals surface area (Å²) in [7, 11) is 2.04. The van der Waals surface area contributed by atoms with Crippen molar-refractivity contribution >= 4 is 0 Å². The molecule has 0 aromatic heterocycles. The van der Waals surface area contributed by atoms with E-state index in [9.17, 15) is 5.11 Å². The van der Waals surface area contributed by atoms with Gasteiger partial charge in [-0.15, -0.1) is 0 Å². The Bertz CT molecular complexity index is 237. The van der Waals surface area contributed by atoms with E-state index in [1.807, 2.05) is 7.05 Å². The van der Waals surface area contributed by atoms with Gasteiger partial charge in [-0.1, -0.05) is 0 Å². The molecule has 0 aliphatic heterocycles. The van der Waals surface area contributed by atoms with Crippen molar-refractivity contribution in [2.75, 3.05) is 13.6 Å². The number of hydrogen-bond donors (Lipinski definition) is 2. The van der Waals surface area contributed by atoms with Crippen molar-refractivity contribution in [2.45, 2.75) is 44.1 Å². The van der Waals surface area contributed by atoms with Gasteiger partial charge in [0.1, 0.15) is 0 Å². The van der Waals surface area contributed by atoms with Gasteiger partial charge in [0, 0.05) is 6.54 Å². The standard InChI is InChI=1S/C12H21NO/c1-13-8-11-3-9-2-10(4-11)6-12(14,5-9)7-11/h9-10,13-14H,2-8H2,1H3. The fraction of sp³-hybridized carbons (Fsp3) is 1.00. The molecule has 2 unspecified atom stereocenters. The Morgan fingerprint density at radius 3 is 2.36 bits per heavy atom. The second-order valence-corrected chi connectivity index (χ2v) is 6.22. The largest absolute Gasteiger partial charge is 0.390 e. The molecule has 0 heterocycles. The van der Waals surface area contributed by atoms with Crippen LogP contribution >= 0.6 is 0 Å². The average Bonchev–Trinajstić information content (AvgIpc) is 1.97. The van der Waals surface area contributed by atoms with Crippen LogP contribution in [0.1, 0.15) is 38.5 Å². The lowest BCUT2D eigenvalue weighted by molar-refractivity contribution is -0.161. The van der Waals surface area contributed by atoms with Crippen LogP contribution in [-0.2, 0) is 0 Å². The molecule has 4 aliphatic rings. The highest BCUT2D eigenvalue weighted by Gasteiger charge is 2.56. The highest BCUT2D eigenvalue weighted by Crippen LogP contribution is 2.61. The second kappa shape index (κ2) is 2.73. The first-order valence-electron chi connectivity index (χ1n) is 6.00. The van der Waals surface area contributed by atoms with Crippen LogP contribution in [0.25, 0.3) is 0 Å². The molecular formula is C12H21NO. The van der Waals surface area contributed by atoms with Crippen LogP contribution < -0.4 is 5.32 Å².